The highest BCUT2D eigenvalue weighted by Crippen LogP contribution is 2.41. The molecule has 96 heavy (non-hydrogen) atoms. The Labute approximate surface area is 581 Å². The maximum Gasteiger partial charge on any atom is 0.408 e. The predicted molar refractivity (Wildman–Crippen MR) is 374 cm³/mol. The van der Waals surface area contributed by atoms with Crippen molar-refractivity contribution in [1.29, 1.82) is 0 Å². The van der Waals surface area contributed by atoms with Crippen molar-refractivity contribution in [2.24, 2.45) is 11.5 Å². The van der Waals surface area contributed by atoms with Gasteiger partial charge >= 0.3 is 36.1 Å². The number of aryl methyl sites for hydroxylation is 2. The van der Waals surface area contributed by atoms with Gasteiger partial charge in [-0.05, 0) is 229 Å². The van der Waals surface area contributed by atoms with Gasteiger partial charge in [-0.3, -0.25) is 33.8 Å². The first kappa shape index (κ1) is 78.2. The number of carbonyl (C=O) groups excluding carboxylic acids is 8. The minimum atomic E-state index is -1.09. The lowest BCUT2D eigenvalue weighted by atomic mass is 10.0. The average Bonchev–Trinajstić information content (AvgIpc) is 1.59. The van der Waals surface area contributed by atoms with Crippen molar-refractivity contribution in [3.63, 3.8) is 0 Å². The van der Waals surface area contributed by atoms with E-state index in [9.17, 15) is 38.4 Å². The van der Waals surface area contributed by atoms with E-state index in [1.54, 1.807) is 166 Å². The SMILES string of the molecule is [C-]#[N+]c1ccc(N2C(=O)C(C)(C)N(c3ccc(Cl)c(CC(=O)OCCOC(=O)[C@@H](N)CCCCN)c3)C2=S)cc1C.[C-]#[N+]c1ccc(N2C(=O)C(C)(C)N(c3ccc(Cl)c(CC(=O)OCCOC(=O)[C@H](CCCCNC(=O)OC(C)(C)C)NC(=O)OC(C)(C)C)c3)C2=S)cc1C. The number of nitrogens with zero attached hydrogens (tertiary/aromatic N) is 6. The minimum absolute atomic E-state index is 0.118. The van der Waals surface area contributed by atoms with Gasteiger partial charge in [0.2, 0.25) is 0 Å². The topological polar surface area (TPSA) is 290 Å². The van der Waals surface area contributed by atoms with E-state index in [0.717, 1.165) is 18.4 Å². The predicted octanol–water partition coefficient (Wildman–Crippen LogP) is 11.5. The molecule has 2 fully saturated rings. The number of anilines is 4. The highest BCUT2D eigenvalue weighted by Gasteiger charge is 2.52. The molecule has 2 aliphatic rings. The highest BCUT2D eigenvalue weighted by molar-refractivity contribution is 7.81. The molecule has 4 amide bonds. The summed E-state index contributed by atoms with van der Waals surface area (Å²) in [6.45, 7) is 35.6. The zero-order chi connectivity index (χ0) is 71.6. The van der Waals surface area contributed by atoms with Crippen molar-refractivity contribution in [2.75, 3.05) is 59.1 Å². The Bertz CT molecular complexity index is 3670. The lowest BCUT2D eigenvalue weighted by molar-refractivity contribution is -0.153. The summed E-state index contributed by atoms with van der Waals surface area (Å²) in [4.78, 5) is 115. The Hall–Kier alpha value is -8.50. The number of rotatable bonds is 26. The maximum absolute atomic E-state index is 13.7. The van der Waals surface area contributed by atoms with Crippen molar-refractivity contribution in [3.8, 4) is 0 Å². The van der Waals surface area contributed by atoms with Crippen LogP contribution in [0.15, 0.2) is 72.8 Å². The normalized spacial score (nSPS) is 14.7. The first-order chi connectivity index (χ1) is 44.9. The molecule has 6 N–H and O–H groups in total. The Balaban J connectivity index is 0.000000362. The van der Waals surface area contributed by atoms with Crippen LogP contribution < -0.4 is 41.7 Å². The van der Waals surface area contributed by atoms with Gasteiger partial charge in [0.05, 0.1) is 26.0 Å². The molecular weight excluding hydrogens is 1320 g/mol. The van der Waals surface area contributed by atoms with Crippen LogP contribution in [0.4, 0.5) is 43.7 Å². The van der Waals surface area contributed by atoms with E-state index < -0.39 is 70.4 Å². The van der Waals surface area contributed by atoms with Crippen molar-refractivity contribution >= 4 is 140 Å². The lowest BCUT2D eigenvalue weighted by Crippen LogP contribution is -2.44. The highest BCUT2D eigenvalue weighted by atomic mass is 35.5. The number of hydrogen-bond acceptors (Lipinski definition) is 18. The Kier molecular flexibility index (Phi) is 28.1. The number of carbonyl (C=O) groups is 8. The fourth-order valence-corrected chi connectivity index (χ4v) is 11.3. The van der Waals surface area contributed by atoms with Gasteiger partial charge in [0, 0.05) is 39.3 Å². The smallest absolute Gasteiger partial charge is 0.408 e. The van der Waals surface area contributed by atoms with Crippen molar-refractivity contribution in [2.45, 2.75) is 169 Å². The molecule has 4 aromatic carbocycles. The van der Waals surface area contributed by atoms with E-state index in [1.165, 1.54) is 9.80 Å². The van der Waals surface area contributed by atoms with Crippen LogP contribution in [0.2, 0.25) is 10.0 Å². The fraction of sp³-hybridized carbons (Fsp3) is 0.471. The first-order valence-corrected chi connectivity index (χ1v) is 32.5. The number of amides is 4. The molecule has 0 saturated carbocycles. The number of thiocarbonyl (C=S) groups is 2. The van der Waals surface area contributed by atoms with Gasteiger partial charge in [-0.1, -0.05) is 41.8 Å². The number of ether oxygens (including phenoxy) is 6. The third-order valence-corrected chi connectivity index (χ3v) is 16.2. The van der Waals surface area contributed by atoms with Gasteiger partial charge in [-0.15, -0.1) is 0 Å². The largest absolute Gasteiger partial charge is 0.462 e. The zero-order valence-electron chi connectivity index (χ0n) is 56.1. The molecule has 0 unspecified atom stereocenters. The van der Waals surface area contributed by atoms with Gasteiger partial charge in [-0.25, -0.2) is 24.1 Å². The van der Waals surface area contributed by atoms with E-state index in [4.69, 9.17) is 101 Å². The first-order valence-electron chi connectivity index (χ1n) is 30.9. The Morgan fingerprint density at radius 1 is 0.583 bits per heavy atom. The van der Waals surface area contributed by atoms with Crippen LogP contribution in [0, 0.1) is 27.0 Å². The van der Waals surface area contributed by atoms with Crippen molar-refractivity contribution < 1.29 is 66.8 Å². The molecule has 24 nitrogen and oxygen atoms in total. The molecule has 0 aromatic heterocycles. The van der Waals surface area contributed by atoms with Crippen LogP contribution in [-0.2, 0) is 70.0 Å². The van der Waals surface area contributed by atoms with Crippen LogP contribution in [0.3, 0.4) is 0 Å². The monoisotopic (exact) mass is 1400 g/mol. The third-order valence-electron chi connectivity index (χ3n) is 14.7. The summed E-state index contributed by atoms with van der Waals surface area (Å²) in [5.41, 5.74) is 13.2. The third kappa shape index (κ3) is 21.5. The van der Waals surface area contributed by atoms with Crippen molar-refractivity contribution in [3.05, 3.63) is 128 Å². The van der Waals surface area contributed by atoms with Gasteiger partial charge in [-0.2, -0.15) is 0 Å². The Morgan fingerprint density at radius 3 is 1.41 bits per heavy atom. The average molecular weight is 1400 g/mol. The van der Waals surface area contributed by atoms with Crippen LogP contribution in [0.1, 0.15) is 130 Å². The molecule has 2 atom stereocenters. The number of alkyl carbamates (subject to hydrolysis) is 2. The molecule has 516 valence electrons. The standard InChI is InChI=1S/C39H50ClN5O9S.C29H34ClN5O5S/c1-24-21-26(15-17-29(24)41-10)44-33(48)39(8,9)45(36(44)55)27-14-16-28(40)25(22-27)23-31(46)51-19-20-52-32(47)30(43-35(50)54-38(5,6)7)13-11-12-18-42-34(49)53-37(2,3)4;1-18-15-20(9-11-24(18)33-4)34-27(38)29(2,3)35(28(34)41)21-8-10-22(30)19(16-21)17-25(36)39-13-14-40-26(37)23(32)7-5-6-12-31/h14-17,21-22,30H,11-13,18-20,23H2,1-9H3,(H,42,49)(H,43,50);8-11,15-16,23H,5-7,12-14,17,31-32H2,1-3H3/t30-;23-/m00/s1. The second kappa shape index (κ2) is 34.4. The van der Waals surface area contributed by atoms with E-state index in [0.29, 0.717) is 93.2 Å². The second-order valence-corrected chi connectivity index (χ2v) is 27.0. The van der Waals surface area contributed by atoms with E-state index in [1.807, 2.05) is 0 Å². The van der Waals surface area contributed by atoms with E-state index >= 15 is 0 Å². The minimum Gasteiger partial charge on any atom is -0.462 e. The van der Waals surface area contributed by atoms with Crippen LogP contribution >= 0.6 is 47.6 Å². The second-order valence-electron chi connectivity index (χ2n) is 25.5. The van der Waals surface area contributed by atoms with Gasteiger partial charge in [0.1, 0.15) is 60.8 Å². The lowest BCUT2D eigenvalue weighted by Gasteiger charge is -2.30. The molecule has 0 radical (unpaired) electrons. The number of unbranched alkanes of at least 4 members (excludes halogenated alkanes) is 2. The number of nitrogens with two attached hydrogens (primary N) is 2. The van der Waals surface area contributed by atoms with Gasteiger partial charge in [0.25, 0.3) is 11.8 Å². The molecule has 28 heteroatoms. The maximum atomic E-state index is 13.7. The quantitative estimate of drug-likeness (QED) is 0.0149. The molecule has 4 aromatic rings. The Morgan fingerprint density at radius 2 is 0.990 bits per heavy atom. The number of esters is 4. The summed E-state index contributed by atoms with van der Waals surface area (Å²) in [5, 5.41) is 6.30. The van der Waals surface area contributed by atoms with Crippen LogP contribution in [-0.4, -0.2) is 132 Å². The molecule has 0 spiro atoms. The number of halogens is 2. The fourth-order valence-electron chi connectivity index (χ4n) is 9.91. The van der Waals surface area contributed by atoms with E-state index in [-0.39, 0.29) is 67.7 Å². The molecule has 0 aliphatic carbocycles. The molecule has 2 saturated heterocycles. The summed E-state index contributed by atoms with van der Waals surface area (Å²) in [7, 11) is 0. The van der Waals surface area contributed by atoms with E-state index in [2.05, 4.69) is 20.3 Å². The van der Waals surface area contributed by atoms with Gasteiger partial charge in [0.15, 0.2) is 21.6 Å². The van der Waals surface area contributed by atoms with Crippen molar-refractivity contribution in [1.82, 2.24) is 10.6 Å². The molecule has 6 rings (SSSR count). The molecule has 2 heterocycles. The molecule has 0 bridgehead atoms. The number of benzene rings is 4. The summed E-state index contributed by atoms with van der Waals surface area (Å²) in [6.07, 6.45) is 1.38. The zero-order valence-corrected chi connectivity index (χ0v) is 59.3. The molecule has 2 aliphatic heterocycles. The van der Waals surface area contributed by atoms with Crippen LogP contribution in [0.25, 0.3) is 9.69 Å². The number of hydrogen-bond donors (Lipinski definition) is 4. The number of nitrogens with one attached hydrogen (secondary N) is 2. The summed E-state index contributed by atoms with van der Waals surface area (Å²) in [5.74, 6) is -3.02. The van der Waals surface area contributed by atoms with Crippen LogP contribution in [0.5, 0.6) is 0 Å². The van der Waals surface area contributed by atoms with Gasteiger partial charge < -0.3 is 60.3 Å². The summed E-state index contributed by atoms with van der Waals surface area (Å²) >= 11 is 24.4. The summed E-state index contributed by atoms with van der Waals surface area (Å²) in [6, 6.07) is 18.4. The summed E-state index contributed by atoms with van der Waals surface area (Å²) < 4.78 is 31.5. The molecular formula is C68H84Cl2N10O14S2.